The van der Waals surface area contributed by atoms with Gasteiger partial charge in [-0.15, -0.1) is 0 Å². The number of hydrogen-bond donors (Lipinski definition) is 1. The largest absolute Gasteiger partial charge is 0.355 e. The Hall–Kier alpha value is -2.65. The van der Waals surface area contributed by atoms with Gasteiger partial charge in [-0.05, 0) is 30.9 Å². The first kappa shape index (κ1) is 20.6. The maximum Gasteiger partial charge on any atom is 0.265 e. The van der Waals surface area contributed by atoms with Crippen LogP contribution in [-0.2, 0) is 19.6 Å². The summed E-state index contributed by atoms with van der Waals surface area (Å²) >= 11 is 0. The molecular weight excluding hydrogens is 404 g/mol. The van der Waals surface area contributed by atoms with E-state index in [1.165, 1.54) is 4.31 Å². The Bertz CT molecular complexity index is 1080. The Morgan fingerprint density at radius 1 is 1.00 bits per heavy atom. The zero-order chi connectivity index (χ0) is 21.3. The monoisotopic (exact) mass is 430 g/mol. The van der Waals surface area contributed by atoms with E-state index in [1.807, 2.05) is 30.0 Å². The van der Waals surface area contributed by atoms with Crippen molar-refractivity contribution < 1.29 is 18.0 Å². The lowest BCUT2D eigenvalue weighted by Crippen LogP contribution is -2.44. The van der Waals surface area contributed by atoms with Gasteiger partial charge >= 0.3 is 0 Å². The molecule has 0 spiro atoms. The predicted octanol–water partition coefficient (Wildman–Crippen LogP) is 1.02. The summed E-state index contributed by atoms with van der Waals surface area (Å²) in [5, 5.41) is 4.31. The van der Waals surface area contributed by atoms with Gasteiger partial charge in [-0.1, -0.05) is 24.3 Å². The molecule has 2 aliphatic rings. The molecule has 2 aliphatic heterocycles. The number of nitrogens with one attached hydrogen (secondary N) is 1. The number of carbonyl (C=O) groups excluding carboxylic acids is 2. The molecule has 0 bridgehead atoms. The van der Waals surface area contributed by atoms with Gasteiger partial charge in [0.1, 0.15) is 6.54 Å². The minimum Gasteiger partial charge on any atom is -0.355 e. The van der Waals surface area contributed by atoms with Crippen LogP contribution in [-0.4, -0.2) is 75.8 Å². The molecule has 2 aromatic rings. The van der Waals surface area contributed by atoms with Gasteiger partial charge in [-0.25, -0.2) is 8.42 Å². The third-order valence-corrected chi connectivity index (χ3v) is 7.44. The molecule has 9 heteroatoms. The first-order valence-electron chi connectivity index (χ1n) is 10.2. The molecule has 0 radical (unpaired) electrons. The molecule has 2 aromatic carbocycles. The second-order valence-corrected chi connectivity index (χ2v) is 9.44. The van der Waals surface area contributed by atoms with Crippen LogP contribution >= 0.6 is 0 Å². The zero-order valence-corrected chi connectivity index (χ0v) is 17.8. The van der Waals surface area contributed by atoms with Crippen LogP contribution in [0.5, 0.6) is 0 Å². The minimum atomic E-state index is -3.75. The smallest absolute Gasteiger partial charge is 0.265 e. The number of carbonyl (C=O) groups is 2. The summed E-state index contributed by atoms with van der Waals surface area (Å²) in [4.78, 5) is 28.8. The molecule has 2 heterocycles. The molecule has 0 atom stereocenters. The van der Waals surface area contributed by atoms with Crippen LogP contribution in [0.3, 0.4) is 0 Å². The molecular formula is C21H26N4O4S. The van der Waals surface area contributed by atoms with Crippen molar-refractivity contribution in [3.63, 3.8) is 0 Å². The van der Waals surface area contributed by atoms with Crippen molar-refractivity contribution in [3.05, 3.63) is 36.4 Å². The highest BCUT2D eigenvalue weighted by molar-refractivity contribution is 7.93. The van der Waals surface area contributed by atoms with E-state index in [9.17, 15) is 18.0 Å². The van der Waals surface area contributed by atoms with Crippen molar-refractivity contribution in [2.24, 2.45) is 0 Å². The molecule has 2 amide bonds. The van der Waals surface area contributed by atoms with Gasteiger partial charge in [-0.3, -0.25) is 18.8 Å². The maximum absolute atomic E-state index is 13.1. The van der Waals surface area contributed by atoms with Crippen LogP contribution in [0.25, 0.3) is 10.8 Å². The molecule has 8 nitrogen and oxygen atoms in total. The van der Waals surface area contributed by atoms with E-state index >= 15 is 0 Å². The average molecular weight is 431 g/mol. The van der Waals surface area contributed by atoms with Crippen molar-refractivity contribution in [1.82, 2.24) is 15.1 Å². The fourth-order valence-electron chi connectivity index (χ4n) is 4.19. The third kappa shape index (κ3) is 3.75. The number of rotatable bonds is 5. The molecule has 4 rings (SSSR count). The fraction of sp³-hybridized carbons (Fsp3) is 0.429. The molecule has 1 saturated heterocycles. The standard InChI is InChI=1S/C21H26N4O4S/c1-2-22-19(26)14-23-10-5-11-24(13-12-23)20(27)15-25-17-8-3-6-16-7-4-9-18(21(16)17)30(25,28)29/h3-4,6-9H,2,5,10-15H2,1H3,(H,22,26). The number of hydrogen-bond acceptors (Lipinski definition) is 5. The molecule has 0 saturated carbocycles. The summed E-state index contributed by atoms with van der Waals surface area (Å²) in [6, 6.07) is 10.6. The number of sulfonamides is 1. The van der Waals surface area contributed by atoms with Crippen LogP contribution < -0.4 is 9.62 Å². The molecule has 160 valence electrons. The first-order chi connectivity index (χ1) is 14.4. The van der Waals surface area contributed by atoms with E-state index < -0.39 is 10.0 Å². The summed E-state index contributed by atoms with van der Waals surface area (Å²) < 4.78 is 27.4. The highest BCUT2D eigenvalue weighted by Gasteiger charge is 2.37. The highest BCUT2D eigenvalue weighted by atomic mass is 32.2. The Labute approximate surface area is 176 Å². The molecule has 0 unspecified atom stereocenters. The number of anilines is 1. The molecule has 0 aliphatic carbocycles. The number of nitrogens with zero attached hydrogens (tertiary/aromatic N) is 3. The van der Waals surface area contributed by atoms with Crippen LogP contribution in [0, 0.1) is 0 Å². The summed E-state index contributed by atoms with van der Waals surface area (Å²) in [7, 11) is -3.75. The van der Waals surface area contributed by atoms with E-state index in [2.05, 4.69) is 5.32 Å². The van der Waals surface area contributed by atoms with E-state index in [0.29, 0.717) is 43.8 Å². The maximum atomic E-state index is 13.1. The Kier molecular flexibility index (Phi) is 5.66. The summed E-state index contributed by atoms with van der Waals surface area (Å²) in [6.07, 6.45) is 0.744. The van der Waals surface area contributed by atoms with Crippen molar-refractivity contribution in [2.45, 2.75) is 18.2 Å². The summed E-state index contributed by atoms with van der Waals surface area (Å²) in [5.74, 6) is -0.241. The molecule has 1 N–H and O–H groups in total. The van der Waals surface area contributed by atoms with Crippen LogP contribution in [0.4, 0.5) is 5.69 Å². The Morgan fingerprint density at radius 2 is 1.77 bits per heavy atom. The van der Waals surface area contributed by atoms with Gasteiger partial charge in [0.15, 0.2) is 0 Å². The lowest BCUT2D eigenvalue weighted by Gasteiger charge is -2.25. The number of benzene rings is 2. The van der Waals surface area contributed by atoms with Crippen LogP contribution in [0.2, 0.25) is 0 Å². The van der Waals surface area contributed by atoms with Gasteiger partial charge in [0.2, 0.25) is 11.8 Å². The van der Waals surface area contributed by atoms with E-state index in [-0.39, 0.29) is 23.3 Å². The second kappa shape index (κ2) is 8.23. The quantitative estimate of drug-likeness (QED) is 0.765. The number of amides is 2. The van der Waals surface area contributed by atoms with Gasteiger partial charge < -0.3 is 10.2 Å². The average Bonchev–Trinajstić information content (AvgIpc) is 2.87. The second-order valence-electron chi connectivity index (χ2n) is 7.61. The third-order valence-electron chi connectivity index (χ3n) is 5.64. The lowest BCUT2D eigenvalue weighted by molar-refractivity contribution is -0.129. The Morgan fingerprint density at radius 3 is 2.53 bits per heavy atom. The zero-order valence-electron chi connectivity index (χ0n) is 17.0. The summed E-state index contributed by atoms with van der Waals surface area (Å²) in [6.45, 7) is 4.92. The van der Waals surface area contributed by atoms with Crippen molar-refractivity contribution in [2.75, 3.05) is 50.1 Å². The minimum absolute atomic E-state index is 0.0219. The van der Waals surface area contributed by atoms with Gasteiger partial charge in [0.25, 0.3) is 10.0 Å². The van der Waals surface area contributed by atoms with Gasteiger partial charge in [0, 0.05) is 38.1 Å². The summed E-state index contributed by atoms with van der Waals surface area (Å²) in [5.41, 5.74) is 0.559. The fourth-order valence-corrected chi connectivity index (χ4v) is 5.85. The Balaban J connectivity index is 1.47. The molecule has 30 heavy (non-hydrogen) atoms. The van der Waals surface area contributed by atoms with E-state index in [0.717, 1.165) is 18.4 Å². The molecule has 0 aromatic heterocycles. The topological polar surface area (TPSA) is 90.0 Å². The van der Waals surface area contributed by atoms with Crippen molar-refractivity contribution in [1.29, 1.82) is 0 Å². The van der Waals surface area contributed by atoms with Crippen molar-refractivity contribution in [3.8, 4) is 0 Å². The highest BCUT2D eigenvalue weighted by Crippen LogP contribution is 2.41. The first-order valence-corrected chi connectivity index (χ1v) is 11.7. The lowest BCUT2D eigenvalue weighted by atomic mass is 10.1. The van der Waals surface area contributed by atoms with E-state index in [4.69, 9.17) is 0 Å². The van der Waals surface area contributed by atoms with Crippen LogP contribution in [0.15, 0.2) is 41.3 Å². The predicted molar refractivity (Wildman–Crippen MR) is 115 cm³/mol. The SMILES string of the molecule is CCNC(=O)CN1CCCN(C(=O)CN2c3cccc4cccc(c34)S2(=O)=O)CC1. The van der Waals surface area contributed by atoms with Gasteiger partial charge in [0.05, 0.1) is 17.1 Å². The van der Waals surface area contributed by atoms with Crippen molar-refractivity contribution >= 4 is 38.3 Å². The molecule has 1 fully saturated rings. The number of likely N-dealkylation sites (N-methyl/N-ethyl adjacent to an activating group) is 1. The van der Waals surface area contributed by atoms with Gasteiger partial charge in [-0.2, -0.15) is 0 Å². The normalized spacial score (nSPS) is 18.4. The van der Waals surface area contributed by atoms with Crippen LogP contribution in [0.1, 0.15) is 13.3 Å². The van der Waals surface area contributed by atoms with E-state index in [1.54, 1.807) is 23.1 Å².